The fourth-order valence-corrected chi connectivity index (χ4v) is 4.62. The highest BCUT2D eigenvalue weighted by molar-refractivity contribution is 6.00. The summed E-state index contributed by atoms with van der Waals surface area (Å²) in [5, 5.41) is 8.08. The van der Waals surface area contributed by atoms with Crippen LogP contribution < -0.4 is 0 Å². The van der Waals surface area contributed by atoms with Crippen LogP contribution in [-0.4, -0.2) is 86.9 Å². The molecule has 0 saturated carbocycles. The number of carbonyl (C=O) groups is 1. The van der Waals surface area contributed by atoms with E-state index in [-0.39, 0.29) is 30.1 Å². The molecule has 2 aromatic rings. The number of piperidine rings is 1. The lowest BCUT2D eigenvalue weighted by atomic mass is 9.81. The van der Waals surface area contributed by atoms with E-state index in [4.69, 9.17) is 0 Å². The first-order valence-electron chi connectivity index (χ1n) is 10.5. The van der Waals surface area contributed by atoms with Gasteiger partial charge in [0.25, 0.3) is 5.91 Å². The van der Waals surface area contributed by atoms with Crippen LogP contribution in [0.4, 0.5) is 17.6 Å². The molecule has 8 nitrogen and oxygen atoms in total. The predicted octanol–water partition coefficient (Wildman–Crippen LogP) is 2.30. The summed E-state index contributed by atoms with van der Waals surface area (Å²) >= 11 is 0. The number of rotatable bonds is 3. The Morgan fingerprint density at radius 3 is 2.64 bits per heavy atom. The largest absolute Gasteiger partial charge is 0.433 e. The molecule has 4 heterocycles. The van der Waals surface area contributed by atoms with E-state index in [1.54, 1.807) is 16.8 Å². The van der Waals surface area contributed by atoms with Crippen LogP contribution in [0.1, 0.15) is 16.8 Å². The number of halogens is 4. The Labute approximate surface area is 186 Å². The number of allylic oxidation sites excluding steroid dienone is 1. The number of aliphatic imine (C=N–C) groups is 1. The van der Waals surface area contributed by atoms with E-state index in [1.165, 1.54) is 35.4 Å². The first kappa shape index (κ1) is 21.4. The van der Waals surface area contributed by atoms with Gasteiger partial charge in [0.15, 0.2) is 0 Å². The molecule has 2 atom stereocenters. The number of fused-ring (bicyclic) bond motifs is 1. The smallest absolute Gasteiger partial charge is 0.356 e. The Kier molecular flexibility index (Phi) is 5.09. The number of hydrogen-bond donors (Lipinski definition) is 0. The third-order valence-electron chi connectivity index (χ3n) is 6.36. The van der Waals surface area contributed by atoms with Gasteiger partial charge >= 0.3 is 6.18 Å². The van der Waals surface area contributed by atoms with E-state index < -0.39 is 17.7 Å². The highest BCUT2D eigenvalue weighted by atomic mass is 19.4. The number of likely N-dealkylation sites (tertiary alicyclic amines) is 2. The van der Waals surface area contributed by atoms with E-state index in [1.807, 2.05) is 4.90 Å². The van der Waals surface area contributed by atoms with Gasteiger partial charge in [0.05, 0.1) is 29.7 Å². The van der Waals surface area contributed by atoms with E-state index in [0.29, 0.717) is 31.1 Å². The first-order chi connectivity index (χ1) is 15.7. The Morgan fingerprint density at radius 2 is 1.91 bits per heavy atom. The molecule has 3 aliphatic rings. The van der Waals surface area contributed by atoms with Crippen LogP contribution in [0.3, 0.4) is 0 Å². The van der Waals surface area contributed by atoms with E-state index in [9.17, 15) is 22.4 Å². The minimum Gasteiger partial charge on any atom is -0.356 e. The zero-order valence-electron chi connectivity index (χ0n) is 17.7. The lowest BCUT2D eigenvalue weighted by molar-refractivity contribution is -0.0589. The van der Waals surface area contributed by atoms with Gasteiger partial charge in [-0.2, -0.15) is 28.2 Å². The second-order valence-electron chi connectivity index (χ2n) is 8.38. The average Bonchev–Trinajstić information content (AvgIpc) is 3.29. The van der Waals surface area contributed by atoms with Gasteiger partial charge in [-0.3, -0.25) is 9.79 Å². The zero-order chi connectivity index (χ0) is 23.3. The molecule has 2 saturated heterocycles. The summed E-state index contributed by atoms with van der Waals surface area (Å²) in [7, 11) is 1.69. The Hall–Kier alpha value is -3.44. The summed E-state index contributed by atoms with van der Waals surface area (Å²) in [6.07, 6.45) is 0.210. The number of amides is 1. The fourth-order valence-electron chi connectivity index (χ4n) is 4.62. The molecule has 0 radical (unpaired) electrons. The molecule has 33 heavy (non-hydrogen) atoms. The molecule has 0 aliphatic carbocycles. The van der Waals surface area contributed by atoms with Crippen molar-refractivity contribution in [3.05, 3.63) is 53.9 Å². The Morgan fingerprint density at radius 1 is 1.15 bits per heavy atom. The molecule has 0 N–H and O–H groups in total. The molecular weight excluding hydrogens is 442 g/mol. The number of carbonyl (C=O) groups excluding carboxylic acids is 1. The lowest BCUT2D eigenvalue weighted by Crippen LogP contribution is -2.66. The van der Waals surface area contributed by atoms with Gasteiger partial charge in [0.1, 0.15) is 24.0 Å². The van der Waals surface area contributed by atoms with Crippen LogP contribution in [-0.2, 0) is 0 Å². The molecule has 1 aromatic heterocycles. The minimum atomic E-state index is -4.52. The molecule has 0 spiro atoms. The summed E-state index contributed by atoms with van der Waals surface area (Å²) in [6.45, 7) is 1.41. The maximum absolute atomic E-state index is 14.0. The molecule has 0 unspecified atom stereocenters. The minimum absolute atomic E-state index is 0.0859. The average molecular weight is 463 g/mol. The molecule has 1 aromatic carbocycles. The molecule has 12 heteroatoms. The normalized spacial score (nSPS) is 23.0. The van der Waals surface area contributed by atoms with E-state index in [0.717, 1.165) is 12.5 Å². The first-order valence-corrected chi connectivity index (χ1v) is 10.5. The quantitative estimate of drug-likeness (QED) is 0.654. The lowest BCUT2D eigenvalue weighted by Gasteiger charge is -2.54. The van der Waals surface area contributed by atoms with Crippen molar-refractivity contribution in [1.82, 2.24) is 29.7 Å². The van der Waals surface area contributed by atoms with Crippen LogP contribution in [0.25, 0.3) is 5.69 Å². The highest BCUT2D eigenvalue weighted by Gasteiger charge is 2.47. The van der Waals surface area contributed by atoms with Crippen LogP contribution in [0.15, 0.2) is 47.5 Å². The van der Waals surface area contributed by atoms with Gasteiger partial charge in [0, 0.05) is 38.7 Å². The maximum Gasteiger partial charge on any atom is 0.433 e. The van der Waals surface area contributed by atoms with Gasteiger partial charge in [0.2, 0.25) is 0 Å². The maximum atomic E-state index is 14.0. The third kappa shape index (κ3) is 3.83. The molecule has 1 amide bonds. The van der Waals surface area contributed by atoms with Crippen molar-refractivity contribution in [2.24, 2.45) is 10.9 Å². The zero-order valence-corrected chi connectivity index (χ0v) is 17.7. The number of benzene rings is 1. The monoisotopic (exact) mass is 463 g/mol. The van der Waals surface area contributed by atoms with Crippen molar-refractivity contribution in [3.63, 3.8) is 0 Å². The van der Waals surface area contributed by atoms with Gasteiger partial charge in [-0.05, 0) is 24.6 Å². The summed E-state index contributed by atoms with van der Waals surface area (Å²) in [6, 6.07) is 3.67. The number of alkyl halides is 3. The molecule has 0 bridgehead atoms. The summed E-state index contributed by atoms with van der Waals surface area (Å²) in [4.78, 5) is 23.4. The topological polar surface area (TPSA) is 69.9 Å². The van der Waals surface area contributed by atoms with Gasteiger partial charge < -0.3 is 14.7 Å². The summed E-state index contributed by atoms with van der Waals surface area (Å²) in [5.74, 6) is -0.226. The molecule has 3 aliphatic heterocycles. The number of hydrogen-bond acceptors (Lipinski definition) is 6. The van der Waals surface area contributed by atoms with Gasteiger partial charge in [-0.1, -0.05) is 0 Å². The SMILES string of the molecule is CN1CN=C(C(F)(F)F)C=C1N1CC[C@@H]2CN(C(=O)c3cc(F)ccc3-n3nccn3)[C@@H]2C1. The molecular formula is C21H21F4N7O. The summed E-state index contributed by atoms with van der Waals surface area (Å²) in [5.41, 5.74) is -0.402. The Bertz CT molecular complexity index is 1130. The van der Waals surface area contributed by atoms with Crippen LogP contribution in [0.5, 0.6) is 0 Å². The number of nitrogens with zero attached hydrogens (tertiary/aromatic N) is 7. The molecule has 5 rings (SSSR count). The van der Waals surface area contributed by atoms with Crippen molar-refractivity contribution in [2.75, 3.05) is 33.4 Å². The predicted molar refractivity (Wildman–Crippen MR) is 110 cm³/mol. The Balaban J connectivity index is 1.38. The number of aromatic nitrogens is 3. The van der Waals surface area contributed by atoms with Crippen LogP contribution in [0, 0.1) is 11.7 Å². The van der Waals surface area contributed by atoms with Crippen LogP contribution in [0.2, 0.25) is 0 Å². The standard InChI is InChI=1S/C21H21F4N7O/c1-29-12-26-18(21(23,24)25)9-19(29)30-7-4-13-10-31(17(13)11-30)20(33)15-8-14(22)2-3-16(15)32-27-5-6-28-32/h2-3,5-6,8-9,13,17H,4,7,10-12H2,1H3/t13-,17-/m1/s1. The molecule has 174 valence electrons. The second kappa shape index (κ2) is 7.85. The van der Waals surface area contributed by atoms with Crippen LogP contribution >= 0.6 is 0 Å². The van der Waals surface area contributed by atoms with E-state index in [2.05, 4.69) is 15.2 Å². The fraction of sp³-hybridized carbons (Fsp3) is 0.429. The highest BCUT2D eigenvalue weighted by Crippen LogP contribution is 2.36. The van der Waals surface area contributed by atoms with Crippen molar-refractivity contribution in [2.45, 2.75) is 18.6 Å². The van der Waals surface area contributed by atoms with Gasteiger partial charge in [-0.15, -0.1) is 0 Å². The van der Waals surface area contributed by atoms with Crippen molar-refractivity contribution < 1.29 is 22.4 Å². The van der Waals surface area contributed by atoms with Crippen molar-refractivity contribution in [3.8, 4) is 5.69 Å². The molecule has 2 fully saturated rings. The second-order valence-corrected chi connectivity index (χ2v) is 8.38. The summed E-state index contributed by atoms with van der Waals surface area (Å²) < 4.78 is 53.6. The van der Waals surface area contributed by atoms with E-state index >= 15 is 0 Å². The van der Waals surface area contributed by atoms with Gasteiger partial charge in [-0.25, -0.2) is 4.39 Å². The van der Waals surface area contributed by atoms with Crippen molar-refractivity contribution in [1.29, 1.82) is 0 Å². The van der Waals surface area contributed by atoms with Crippen molar-refractivity contribution >= 4 is 11.6 Å². The third-order valence-corrected chi connectivity index (χ3v) is 6.36.